The lowest BCUT2D eigenvalue weighted by molar-refractivity contribution is 0.0699. The summed E-state index contributed by atoms with van der Waals surface area (Å²) in [5.41, 5.74) is 1.84. The Morgan fingerprint density at radius 2 is 2.08 bits per heavy atom. The number of pyridine rings is 2. The molecule has 2 heterocycles. The van der Waals surface area contributed by atoms with E-state index in [2.05, 4.69) is 15.3 Å². The lowest BCUT2D eigenvalue weighted by atomic mass is 9.98. The Hall–Kier alpha value is -2.99. The van der Waals surface area contributed by atoms with Gasteiger partial charge in [0.1, 0.15) is 5.82 Å². The minimum atomic E-state index is -1.02. The SMILES string of the molecule is CC(O)CNc1ncc(-c2cccnc2)c2cccc(C(=O)O)c12. The summed E-state index contributed by atoms with van der Waals surface area (Å²) >= 11 is 0. The van der Waals surface area contributed by atoms with Crippen molar-refractivity contribution < 1.29 is 15.0 Å². The van der Waals surface area contributed by atoms with Crippen LogP contribution in [0.5, 0.6) is 0 Å². The molecule has 0 aliphatic rings. The maximum atomic E-state index is 11.6. The number of carboxylic acid groups (broad SMARTS) is 1. The predicted octanol–water partition coefficient (Wildman–Crippen LogP) is 2.79. The smallest absolute Gasteiger partial charge is 0.336 e. The Morgan fingerprint density at radius 3 is 2.75 bits per heavy atom. The number of aromatic nitrogens is 2. The van der Waals surface area contributed by atoms with Crippen LogP contribution in [0.25, 0.3) is 21.9 Å². The van der Waals surface area contributed by atoms with Crippen LogP contribution in [0.1, 0.15) is 17.3 Å². The highest BCUT2D eigenvalue weighted by molar-refractivity contribution is 6.12. The molecule has 1 unspecified atom stereocenters. The van der Waals surface area contributed by atoms with E-state index in [0.717, 1.165) is 16.5 Å². The van der Waals surface area contributed by atoms with E-state index < -0.39 is 12.1 Å². The maximum Gasteiger partial charge on any atom is 0.336 e. The lowest BCUT2D eigenvalue weighted by Gasteiger charge is -2.15. The predicted molar refractivity (Wildman–Crippen MR) is 92.1 cm³/mol. The number of rotatable bonds is 5. The summed E-state index contributed by atoms with van der Waals surface area (Å²) in [5.74, 6) is -0.581. The van der Waals surface area contributed by atoms with Gasteiger partial charge < -0.3 is 15.5 Å². The number of fused-ring (bicyclic) bond motifs is 1. The standard InChI is InChI=1S/C18H17N3O3/c1-11(22)8-20-17-16-13(5-2-6-14(16)18(23)24)15(10-21-17)12-4-3-7-19-9-12/h2-7,9-11,22H,8H2,1H3,(H,20,21)(H,23,24). The first-order valence-electron chi connectivity index (χ1n) is 7.55. The summed E-state index contributed by atoms with van der Waals surface area (Å²) in [6.07, 6.45) is 4.51. The van der Waals surface area contributed by atoms with Gasteiger partial charge in [0.2, 0.25) is 0 Å². The molecule has 1 aromatic carbocycles. The molecule has 0 aliphatic heterocycles. The van der Waals surface area contributed by atoms with Crippen molar-refractivity contribution in [3.8, 4) is 11.1 Å². The van der Waals surface area contributed by atoms with Crippen LogP contribution in [0.3, 0.4) is 0 Å². The van der Waals surface area contributed by atoms with Gasteiger partial charge in [-0.3, -0.25) is 4.98 Å². The number of benzene rings is 1. The topological polar surface area (TPSA) is 95.3 Å². The number of carboxylic acids is 1. The van der Waals surface area contributed by atoms with Crippen LogP contribution in [-0.2, 0) is 0 Å². The van der Waals surface area contributed by atoms with Crippen molar-refractivity contribution in [1.82, 2.24) is 9.97 Å². The molecular weight excluding hydrogens is 306 g/mol. The molecule has 0 amide bonds. The zero-order valence-electron chi connectivity index (χ0n) is 13.1. The van der Waals surface area contributed by atoms with Gasteiger partial charge >= 0.3 is 5.97 Å². The molecule has 0 fully saturated rings. The van der Waals surface area contributed by atoms with Crippen LogP contribution in [0.15, 0.2) is 48.9 Å². The zero-order chi connectivity index (χ0) is 17.1. The molecule has 6 nitrogen and oxygen atoms in total. The number of nitrogens with one attached hydrogen (secondary N) is 1. The Kier molecular flexibility index (Phi) is 4.39. The third kappa shape index (κ3) is 3.04. The van der Waals surface area contributed by atoms with Crippen molar-refractivity contribution in [1.29, 1.82) is 0 Å². The average molecular weight is 323 g/mol. The van der Waals surface area contributed by atoms with Gasteiger partial charge in [-0.15, -0.1) is 0 Å². The molecule has 3 N–H and O–H groups in total. The van der Waals surface area contributed by atoms with Gasteiger partial charge in [-0.05, 0) is 24.4 Å². The summed E-state index contributed by atoms with van der Waals surface area (Å²) in [5, 5.41) is 23.3. The summed E-state index contributed by atoms with van der Waals surface area (Å²) in [6.45, 7) is 1.93. The summed E-state index contributed by atoms with van der Waals surface area (Å²) in [6, 6.07) is 8.85. The normalized spacial score (nSPS) is 12.1. The first-order valence-corrected chi connectivity index (χ1v) is 7.55. The molecule has 0 radical (unpaired) electrons. The second-order valence-electron chi connectivity index (χ2n) is 5.53. The fourth-order valence-electron chi connectivity index (χ4n) is 2.60. The number of aromatic carboxylic acids is 1. The highest BCUT2D eigenvalue weighted by atomic mass is 16.4. The second kappa shape index (κ2) is 6.64. The summed E-state index contributed by atoms with van der Waals surface area (Å²) < 4.78 is 0. The largest absolute Gasteiger partial charge is 0.478 e. The number of aliphatic hydroxyl groups is 1. The van der Waals surface area contributed by atoms with E-state index in [1.807, 2.05) is 18.2 Å². The number of hydrogen-bond donors (Lipinski definition) is 3. The number of hydrogen-bond acceptors (Lipinski definition) is 5. The molecule has 3 aromatic rings. The third-order valence-electron chi connectivity index (χ3n) is 3.68. The number of anilines is 1. The van der Waals surface area contributed by atoms with Crippen molar-refractivity contribution in [2.24, 2.45) is 0 Å². The molecule has 0 aliphatic carbocycles. The van der Waals surface area contributed by atoms with Crippen molar-refractivity contribution in [3.63, 3.8) is 0 Å². The van der Waals surface area contributed by atoms with Crippen LogP contribution < -0.4 is 5.32 Å². The van der Waals surface area contributed by atoms with Crippen LogP contribution in [0.4, 0.5) is 5.82 Å². The molecule has 122 valence electrons. The molecule has 0 bridgehead atoms. The monoisotopic (exact) mass is 323 g/mol. The molecule has 0 spiro atoms. The summed E-state index contributed by atoms with van der Waals surface area (Å²) in [7, 11) is 0. The zero-order valence-corrected chi connectivity index (χ0v) is 13.1. The number of carbonyl (C=O) groups is 1. The van der Waals surface area contributed by atoms with Crippen molar-refractivity contribution in [2.75, 3.05) is 11.9 Å². The van der Waals surface area contributed by atoms with Crippen LogP contribution in [0, 0.1) is 0 Å². The molecular formula is C18H17N3O3. The van der Waals surface area contributed by atoms with Gasteiger partial charge in [-0.25, -0.2) is 9.78 Å². The molecule has 6 heteroatoms. The van der Waals surface area contributed by atoms with Crippen molar-refractivity contribution >= 4 is 22.6 Å². The molecule has 0 saturated carbocycles. The molecule has 0 saturated heterocycles. The van der Waals surface area contributed by atoms with E-state index in [-0.39, 0.29) is 12.1 Å². The van der Waals surface area contributed by atoms with Gasteiger partial charge in [0.15, 0.2) is 0 Å². The third-order valence-corrected chi connectivity index (χ3v) is 3.68. The maximum absolute atomic E-state index is 11.6. The van der Waals surface area contributed by atoms with E-state index in [4.69, 9.17) is 0 Å². The Bertz CT molecular complexity index is 879. The van der Waals surface area contributed by atoms with Gasteiger partial charge in [-0.2, -0.15) is 0 Å². The fraction of sp³-hybridized carbons (Fsp3) is 0.167. The van der Waals surface area contributed by atoms with Crippen LogP contribution >= 0.6 is 0 Å². The fourth-order valence-corrected chi connectivity index (χ4v) is 2.60. The average Bonchev–Trinajstić information content (AvgIpc) is 2.59. The van der Waals surface area contributed by atoms with E-state index in [1.54, 1.807) is 37.6 Å². The first kappa shape index (κ1) is 15.9. The Balaban J connectivity index is 2.25. The molecule has 2 aromatic heterocycles. The lowest BCUT2D eigenvalue weighted by Crippen LogP contribution is -2.16. The molecule has 3 rings (SSSR count). The van der Waals surface area contributed by atoms with Crippen LogP contribution in [-0.4, -0.2) is 38.8 Å². The first-order chi connectivity index (χ1) is 11.6. The molecule has 24 heavy (non-hydrogen) atoms. The quantitative estimate of drug-likeness (QED) is 0.668. The van der Waals surface area contributed by atoms with Gasteiger partial charge in [-0.1, -0.05) is 18.2 Å². The van der Waals surface area contributed by atoms with Gasteiger partial charge in [0.25, 0.3) is 0 Å². The van der Waals surface area contributed by atoms with Crippen molar-refractivity contribution in [3.05, 3.63) is 54.5 Å². The Morgan fingerprint density at radius 1 is 1.25 bits per heavy atom. The minimum absolute atomic E-state index is 0.166. The van der Waals surface area contributed by atoms with E-state index >= 15 is 0 Å². The van der Waals surface area contributed by atoms with Crippen molar-refractivity contribution in [2.45, 2.75) is 13.0 Å². The minimum Gasteiger partial charge on any atom is -0.478 e. The Labute approximate surface area is 138 Å². The highest BCUT2D eigenvalue weighted by Gasteiger charge is 2.16. The van der Waals surface area contributed by atoms with Crippen LogP contribution in [0.2, 0.25) is 0 Å². The summed E-state index contributed by atoms with van der Waals surface area (Å²) in [4.78, 5) is 20.1. The number of nitrogens with zero attached hydrogens (tertiary/aromatic N) is 2. The highest BCUT2D eigenvalue weighted by Crippen LogP contribution is 2.33. The van der Waals surface area contributed by atoms with Gasteiger partial charge in [0.05, 0.1) is 11.7 Å². The van der Waals surface area contributed by atoms with E-state index in [9.17, 15) is 15.0 Å². The molecule has 1 atom stereocenters. The van der Waals surface area contributed by atoms with Gasteiger partial charge in [0, 0.05) is 41.6 Å². The van der Waals surface area contributed by atoms with E-state index in [1.165, 1.54) is 0 Å². The number of aliphatic hydroxyl groups excluding tert-OH is 1. The van der Waals surface area contributed by atoms with E-state index in [0.29, 0.717) is 11.2 Å². The second-order valence-corrected chi connectivity index (χ2v) is 5.53.